The average molecular weight is 431 g/mol. The topological polar surface area (TPSA) is 49.2 Å². The highest BCUT2D eigenvalue weighted by Crippen LogP contribution is 2.26. The van der Waals surface area contributed by atoms with Crippen molar-refractivity contribution in [2.75, 3.05) is 38.1 Å². The second kappa shape index (κ2) is 11.3. The van der Waals surface area contributed by atoms with Crippen LogP contribution in [0.5, 0.6) is 0 Å². The van der Waals surface area contributed by atoms with Crippen molar-refractivity contribution < 1.29 is 0 Å². The van der Waals surface area contributed by atoms with E-state index in [9.17, 15) is 0 Å². The summed E-state index contributed by atoms with van der Waals surface area (Å²) in [5.41, 5.74) is 1.26. The Balaban J connectivity index is 1.23. The van der Waals surface area contributed by atoms with E-state index in [1.54, 1.807) is 11.3 Å². The first-order valence-corrected chi connectivity index (χ1v) is 12.8. The summed E-state index contributed by atoms with van der Waals surface area (Å²) in [7, 11) is 2.30. The van der Waals surface area contributed by atoms with Gasteiger partial charge in [0.1, 0.15) is 0 Å². The molecule has 0 amide bonds. The summed E-state index contributed by atoms with van der Waals surface area (Å²) in [5.74, 6) is 0. The third-order valence-corrected chi connectivity index (χ3v) is 7.67. The molecule has 166 valence electrons. The number of anilines is 1. The zero-order valence-electron chi connectivity index (χ0n) is 18.6. The molecular formula is C23H38N6S. The van der Waals surface area contributed by atoms with Gasteiger partial charge in [-0.15, -0.1) is 10.2 Å². The molecule has 0 atom stereocenters. The molecule has 4 rings (SSSR count). The summed E-state index contributed by atoms with van der Waals surface area (Å²) >= 11 is 1.72. The number of rotatable bonds is 9. The Morgan fingerprint density at radius 1 is 1.03 bits per heavy atom. The molecule has 2 aromatic rings. The standard InChI is InChI=1S/C23H38N6S/c1-27(20-11-5-4-6-12-20)15-10-14-24-19-21-13-9-18-29(21)23-26-25-22(30-23)28-16-7-2-3-8-17-28/h9,13,18,20,24H,2-8,10-12,14-17,19H2,1H3. The van der Waals surface area contributed by atoms with Gasteiger partial charge in [0.25, 0.3) is 0 Å². The van der Waals surface area contributed by atoms with Crippen molar-refractivity contribution in [1.82, 2.24) is 25.0 Å². The molecule has 2 aromatic heterocycles. The van der Waals surface area contributed by atoms with Gasteiger partial charge in [-0.2, -0.15) is 0 Å². The molecule has 6 nitrogen and oxygen atoms in total. The van der Waals surface area contributed by atoms with E-state index in [1.807, 2.05) is 0 Å². The van der Waals surface area contributed by atoms with Crippen LogP contribution >= 0.6 is 11.3 Å². The molecule has 0 bridgehead atoms. The number of hydrogen-bond donors (Lipinski definition) is 1. The minimum Gasteiger partial charge on any atom is -0.347 e. The van der Waals surface area contributed by atoms with Crippen LogP contribution in [-0.2, 0) is 6.54 Å². The molecule has 2 aliphatic rings. The van der Waals surface area contributed by atoms with Gasteiger partial charge < -0.3 is 15.1 Å². The Hall–Kier alpha value is -1.44. The SMILES string of the molecule is CN(CCCNCc1cccn1-c1nnc(N2CCCCCC2)s1)C1CCCCC1. The highest BCUT2D eigenvalue weighted by atomic mass is 32.1. The summed E-state index contributed by atoms with van der Waals surface area (Å²) in [6.07, 6.45) is 15.6. The van der Waals surface area contributed by atoms with E-state index >= 15 is 0 Å². The normalized spacial score (nSPS) is 18.8. The van der Waals surface area contributed by atoms with E-state index in [1.165, 1.54) is 76.4 Å². The average Bonchev–Trinajstić information content (AvgIpc) is 3.37. The van der Waals surface area contributed by atoms with Crippen LogP contribution in [0, 0.1) is 0 Å². The van der Waals surface area contributed by atoms with Crippen LogP contribution in [0.3, 0.4) is 0 Å². The van der Waals surface area contributed by atoms with Crippen molar-refractivity contribution in [1.29, 1.82) is 0 Å². The van der Waals surface area contributed by atoms with Crippen LogP contribution in [0.1, 0.15) is 69.9 Å². The Kier molecular flexibility index (Phi) is 8.17. The molecule has 1 N–H and O–H groups in total. The first kappa shape index (κ1) is 21.8. The molecule has 0 spiro atoms. The van der Waals surface area contributed by atoms with Crippen LogP contribution in [0.4, 0.5) is 5.13 Å². The monoisotopic (exact) mass is 430 g/mol. The largest absolute Gasteiger partial charge is 0.347 e. The number of nitrogens with one attached hydrogen (secondary N) is 1. The lowest BCUT2D eigenvalue weighted by molar-refractivity contribution is 0.189. The minimum absolute atomic E-state index is 0.812. The van der Waals surface area contributed by atoms with Crippen molar-refractivity contribution in [3.05, 3.63) is 24.0 Å². The maximum absolute atomic E-state index is 4.50. The van der Waals surface area contributed by atoms with Gasteiger partial charge in [-0.25, -0.2) is 0 Å². The lowest BCUT2D eigenvalue weighted by Gasteiger charge is -2.31. The first-order valence-electron chi connectivity index (χ1n) is 12.0. The van der Waals surface area contributed by atoms with E-state index in [4.69, 9.17) is 0 Å². The second-order valence-electron chi connectivity index (χ2n) is 8.94. The quantitative estimate of drug-likeness (QED) is 0.596. The molecule has 0 radical (unpaired) electrons. The van der Waals surface area contributed by atoms with Crippen LogP contribution in [-0.4, -0.2) is 58.9 Å². The molecule has 7 heteroatoms. The summed E-state index contributed by atoms with van der Waals surface area (Å²) in [5, 5.41) is 14.7. The van der Waals surface area contributed by atoms with E-state index in [0.29, 0.717) is 0 Å². The van der Waals surface area contributed by atoms with Crippen molar-refractivity contribution in [2.45, 2.75) is 76.8 Å². The smallest absolute Gasteiger partial charge is 0.218 e. The molecule has 0 unspecified atom stereocenters. The summed E-state index contributed by atoms with van der Waals surface area (Å²) < 4.78 is 2.19. The van der Waals surface area contributed by atoms with Gasteiger partial charge in [-0.3, -0.25) is 4.57 Å². The number of nitrogens with zero attached hydrogens (tertiary/aromatic N) is 5. The minimum atomic E-state index is 0.812. The number of hydrogen-bond acceptors (Lipinski definition) is 6. The molecule has 0 aromatic carbocycles. The fourth-order valence-electron chi connectivity index (χ4n) is 4.82. The highest BCUT2D eigenvalue weighted by molar-refractivity contribution is 7.17. The summed E-state index contributed by atoms with van der Waals surface area (Å²) in [4.78, 5) is 4.99. The van der Waals surface area contributed by atoms with Crippen molar-refractivity contribution in [3.63, 3.8) is 0 Å². The fraction of sp³-hybridized carbons (Fsp3) is 0.739. The molecule has 1 aliphatic carbocycles. The maximum Gasteiger partial charge on any atom is 0.218 e. The molecule has 1 saturated carbocycles. The van der Waals surface area contributed by atoms with E-state index in [0.717, 1.165) is 42.5 Å². The zero-order chi connectivity index (χ0) is 20.6. The van der Waals surface area contributed by atoms with Gasteiger partial charge in [0.15, 0.2) is 0 Å². The van der Waals surface area contributed by atoms with Crippen LogP contribution < -0.4 is 10.2 Å². The predicted molar refractivity (Wildman–Crippen MR) is 126 cm³/mol. The maximum atomic E-state index is 4.50. The Labute approximate surface area is 185 Å². The van der Waals surface area contributed by atoms with E-state index in [2.05, 4.69) is 55.3 Å². The zero-order valence-corrected chi connectivity index (χ0v) is 19.4. The molecule has 3 heterocycles. The van der Waals surface area contributed by atoms with Gasteiger partial charge >= 0.3 is 0 Å². The lowest BCUT2D eigenvalue weighted by Crippen LogP contribution is -2.35. The van der Waals surface area contributed by atoms with Crippen molar-refractivity contribution in [3.8, 4) is 5.13 Å². The first-order chi connectivity index (χ1) is 14.8. The van der Waals surface area contributed by atoms with Crippen molar-refractivity contribution in [2.24, 2.45) is 0 Å². The van der Waals surface area contributed by atoms with Gasteiger partial charge in [0.2, 0.25) is 10.3 Å². The van der Waals surface area contributed by atoms with Gasteiger partial charge in [-0.1, -0.05) is 43.4 Å². The van der Waals surface area contributed by atoms with Gasteiger partial charge in [-0.05, 0) is 64.4 Å². The Morgan fingerprint density at radius 2 is 1.77 bits per heavy atom. The van der Waals surface area contributed by atoms with Crippen molar-refractivity contribution >= 4 is 16.5 Å². The van der Waals surface area contributed by atoms with Crippen LogP contribution in [0.2, 0.25) is 0 Å². The summed E-state index contributed by atoms with van der Waals surface area (Å²) in [6.45, 7) is 5.35. The molecule has 1 aliphatic heterocycles. The van der Waals surface area contributed by atoms with Crippen LogP contribution in [0.25, 0.3) is 5.13 Å². The van der Waals surface area contributed by atoms with Crippen LogP contribution in [0.15, 0.2) is 18.3 Å². The summed E-state index contributed by atoms with van der Waals surface area (Å²) in [6, 6.07) is 5.11. The number of aromatic nitrogens is 3. The molecule has 2 fully saturated rings. The van der Waals surface area contributed by atoms with Gasteiger partial charge in [0.05, 0.1) is 0 Å². The Morgan fingerprint density at radius 3 is 2.57 bits per heavy atom. The van der Waals surface area contributed by atoms with Gasteiger partial charge in [0, 0.05) is 37.6 Å². The lowest BCUT2D eigenvalue weighted by atomic mass is 9.94. The highest BCUT2D eigenvalue weighted by Gasteiger charge is 2.18. The van der Waals surface area contributed by atoms with E-state index < -0.39 is 0 Å². The van der Waals surface area contributed by atoms with E-state index in [-0.39, 0.29) is 0 Å². The third-order valence-electron chi connectivity index (χ3n) is 6.69. The fourth-order valence-corrected chi connectivity index (χ4v) is 5.73. The second-order valence-corrected chi connectivity index (χ2v) is 9.88. The predicted octanol–water partition coefficient (Wildman–Crippen LogP) is 4.45. The molecule has 1 saturated heterocycles. The molecular weight excluding hydrogens is 392 g/mol. The molecule has 30 heavy (non-hydrogen) atoms. The third kappa shape index (κ3) is 5.83. The Bertz CT molecular complexity index is 742.